The van der Waals surface area contributed by atoms with Crippen LogP contribution in [0.2, 0.25) is 0 Å². The summed E-state index contributed by atoms with van der Waals surface area (Å²) in [6, 6.07) is 4.88. The predicted molar refractivity (Wildman–Crippen MR) is 94.2 cm³/mol. The second-order valence-electron chi connectivity index (χ2n) is 6.37. The Balaban J connectivity index is 1.94. The summed E-state index contributed by atoms with van der Waals surface area (Å²) in [5.41, 5.74) is 2.79. The van der Waals surface area contributed by atoms with Crippen molar-refractivity contribution in [2.45, 2.75) is 25.7 Å². The topological polar surface area (TPSA) is 69.7 Å². The highest BCUT2D eigenvalue weighted by Crippen LogP contribution is 2.35. The molecule has 0 unspecified atom stereocenters. The number of carbonyl (C=O) groups is 1. The highest BCUT2D eigenvalue weighted by atomic mass is 32.2. The quantitative estimate of drug-likeness (QED) is 0.844. The molecule has 2 heterocycles. The van der Waals surface area contributed by atoms with Gasteiger partial charge in [0.15, 0.2) is 0 Å². The molecular weight excluding hydrogens is 326 g/mol. The van der Waals surface area contributed by atoms with Gasteiger partial charge in [-0.2, -0.15) is 4.31 Å². The van der Waals surface area contributed by atoms with E-state index in [0.29, 0.717) is 29.9 Å². The average Bonchev–Trinajstić information content (AvgIpc) is 2.89. The van der Waals surface area contributed by atoms with E-state index in [9.17, 15) is 13.2 Å². The van der Waals surface area contributed by atoms with Crippen molar-refractivity contribution in [3.63, 3.8) is 0 Å². The van der Waals surface area contributed by atoms with Gasteiger partial charge in [0.05, 0.1) is 4.90 Å². The highest BCUT2D eigenvalue weighted by molar-refractivity contribution is 7.89. The fourth-order valence-corrected chi connectivity index (χ4v) is 4.69. The van der Waals surface area contributed by atoms with Crippen molar-refractivity contribution in [2.75, 3.05) is 38.0 Å². The van der Waals surface area contributed by atoms with Crippen LogP contribution in [0.4, 0.5) is 5.69 Å². The summed E-state index contributed by atoms with van der Waals surface area (Å²) in [6.07, 6.45) is 0. The second-order valence-corrected chi connectivity index (χ2v) is 8.31. The number of hydrogen-bond acceptors (Lipinski definition) is 4. The van der Waals surface area contributed by atoms with Crippen molar-refractivity contribution < 1.29 is 13.2 Å². The predicted octanol–water partition coefficient (Wildman–Crippen LogP) is 1.76. The molecule has 1 saturated heterocycles. The average molecular weight is 349 g/mol. The van der Waals surface area contributed by atoms with Gasteiger partial charge in [-0.25, -0.2) is 8.42 Å². The van der Waals surface area contributed by atoms with Gasteiger partial charge in [-0.3, -0.25) is 4.79 Å². The maximum Gasteiger partial charge on any atom is 0.256 e. The number of nitrogens with one attached hydrogen (secondary N) is 1. The van der Waals surface area contributed by atoms with E-state index < -0.39 is 10.0 Å². The minimum atomic E-state index is -3.54. The number of hydrogen-bond donors (Lipinski definition) is 1. The Hall–Kier alpha value is -1.70. The number of amides is 1. The fraction of sp³-hybridized carbons (Fsp3) is 0.471. The Morgan fingerprint density at radius 3 is 2.42 bits per heavy atom. The Morgan fingerprint density at radius 2 is 1.83 bits per heavy atom. The van der Waals surface area contributed by atoms with E-state index in [2.05, 4.69) is 17.1 Å². The van der Waals surface area contributed by atoms with Crippen molar-refractivity contribution in [1.29, 1.82) is 0 Å². The van der Waals surface area contributed by atoms with Gasteiger partial charge in [-0.05, 0) is 38.6 Å². The maximum absolute atomic E-state index is 12.9. The molecule has 2 aliphatic heterocycles. The SMILES string of the molecule is CCN1CCN(S(=O)(=O)c2ccc3c(c2)C(=C(C)C)C(=O)N3)CC1. The van der Waals surface area contributed by atoms with Crippen LogP contribution in [0.1, 0.15) is 26.3 Å². The smallest absolute Gasteiger partial charge is 0.256 e. The van der Waals surface area contributed by atoms with E-state index in [1.165, 1.54) is 4.31 Å². The summed E-state index contributed by atoms with van der Waals surface area (Å²) in [6.45, 7) is 9.23. The number of piperazine rings is 1. The van der Waals surface area contributed by atoms with Crippen LogP contribution in [-0.4, -0.2) is 56.3 Å². The molecule has 0 spiro atoms. The minimum absolute atomic E-state index is 0.170. The Labute approximate surface area is 143 Å². The number of rotatable bonds is 3. The molecule has 0 atom stereocenters. The second kappa shape index (κ2) is 6.31. The fourth-order valence-electron chi connectivity index (χ4n) is 3.24. The molecule has 1 N–H and O–H groups in total. The molecule has 0 aliphatic carbocycles. The highest BCUT2D eigenvalue weighted by Gasteiger charge is 2.31. The lowest BCUT2D eigenvalue weighted by molar-refractivity contribution is -0.110. The van der Waals surface area contributed by atoms with Crippen LogP contribution in [0, 0.1) is 0 Å². The van der Waals surface area contributed by atoms with E-state index in [-0.39, 0.29) is 10.8 Å². The number of sulfonamides is 1. The summed E-state index contributed by atoms with van der Waals surface area (Å²) in [5, 5.41) is 2.79. The Morgan fingerprint density at radius 1 is 1.17 bits per heavy atom. The van der Waals surface area contributed by atoms with E-state index in [4.69, 9.17) is 0 Å². The monoisotopic (exact) mass is 349 g/mol. The van der Waals surface area contributed by atoms with Crippen LogP contribution >= 0.6 is 0 Å². The van der Waals surface area contributed by atoms with Crippen LogP contribution in [0.15, 0.2) is 28.7 Å². The molecule has 0 bridgehead atoms. The first-order chi connectivity index (χ1) is 11.3. The van der Waals surface area contributed by atoms with E-state index in [0.717, 1.165) is 25.2 Å². The van der Waals surface area contributed by atoms with Gasteiger partial charge in [-0.15, -0.1) is 0 Å². The zero-order chi connectivity index (χ0) is 17.5. The summed E-state index contributed by atoms with van der Waals surface area (Å²) in [7, 11) is -3.54. The number of fused-ring (bicyclic) bond motifs is 1. The third kappa shape index (κ3) is 2.87. The van der Waals surface area contributed by atoms with E-state index in [1.807, 2.05) is 13.8 Å². The number of carbonyl (C=O) groups excluding carboxylic acids is 1. The molecule has 1 aromatic rings. The summed E-state index contributed by atoms with van der Waals surface area (Å²) in [5.74, 6) is -0.170. The molecule has 24 heavy (non-hydrogen) atoms. The minimum Gasteiger partial charge on any atom is -0.321 e. The number of likely N-dealkylation sites (N-methyl/N-ethyl adjacent to an activating group) is 1. The largest absolute Gasteiger partial charge is 0.321 e. The summed E-state index contributed by atoms with van der Waals surface area (Å²) < 4.78 is 27.4. The maximum atomic E-state index is 12.9. The first kappa shape index (κ1) is 17.1. The van der Waals surface area contributed by atoms with Gasteiger partial charge >= 0.3 is 0 Å². The molecule has 1 aromatic carbocycles. The summed E-state index contributed by atoms with van der Waals surface area (Å²) >= 11 is 0. The van der Waals surface area contributed by atoms with Gasteiger partial charge in [0.1, 0.15) is 0 Å². The van der Waals surface area contributed by atoms with Crippen molar-refractivity contribution in [3.05, 3.63) is 29.3 Å². The van der Waals surface area contributed by atoms with E-state index in [1.54, 1.807) is 18.2 Å². The molecule has 3 rings (SSSR count). The first-order valence-electron chi connectivity index (χ1n) is 8.20. The lowest BCUT2D eigenvalue weighted by atomic mass is 10.0. The Kier molecular flexibility index (Phi) is 4.50. The third-order valence-electron chi connectivity index (χ3n) is 4.65. The molecule has 6 nitrogen and oxygen atoms in total. The molecule has 1 amide bonds. The number of allylic oxidation sites excluding steroid dienone is 1. The van der Waals surface area contributed by atoms with Gasteiger partial charge in [0, 0.05) is 43.0 Å². The van der Waals surface area contributed by atoms with Gasteiger partial charge in [-0.1, -0.05) is 12.5 Å². The van der Waals surface area contributed by atoms with E-state index >= 15 is 0 Å². The van der Waals surface area contributed by atoms with Crippen molar-refractivity contribution in [3.8, 4) is 0 Å². The zero-order valence-electron chi connectivity index (χ0n) is 14.3. The first-order valence-corrected chi connectivity index (χ1v) is 9.64. The molecule has 0 saturated carbocycles. The molecular formula is C17H23N3O3S. The lowest BCUT2D eigenvalue weighted by Gasteiger charge is -2.33. The van der Waals surface area contributed by atoms with Crippen molar-refractivity contribution >= 4 is 27.2 Å². The molecule has 7 heteroatoms. The van der Waals surface area contributed by atoms with Gasteiger partial charge < -0.3 is 10.2 Å². The van der Waals surface area contributed by atoms with Crippen LogP contribution in [0.3, 0.4) is 0 Å². The molecule has 0 aromatic heterocycles. The molecule has 130 valence electrons. The molecule has 0 radical (unpaired) electrons. The van der Waals surface area contributed by atoms with Crippen LogP contribution in [0.5, 0.6) is 0 Å². The zero-order valence-corrected chi connectivity index (χ0v) is 15.1. The molecule has 1 fully saturated rings. The van der Waals surface area contributed by atoms with Crippen molar-refractivity contribution in [2.24, 2.45) is 0 Å². The van der Waals surface area contributed by atoms with Crippen LogP contribution < -0.4 is 5.32 Å². The van der Waals surface area contributed by atoms with Gasteiger partial charge in [0.25, 0.3) is 5.91 Å². The number of benzene rings is 1. The number of nitrogens with zero attached hydrogens (tertiary/aromatic N) is 2. The normalized spacial score (nSPS) is 19.3. The Bertz CT molecular complexity index is 802. The number of anilines is 1. The van der Waals surface area contributed by atoms with Gasteiger partial charge in [0.2, 0.25) is 10.0 Å². The van der Waals surface area contributed by atoms with Crippen molar-refractivity contribution in [1.82, 2.24) is 9.21 Å². The van der Waals surface area contributed by atoms with Crippen LogP contribution in [-0.2, 0) is 14.8 Å². The van der Waals surface area contributed by atoms with Crippen LogP contribution in [0.25, 0.3) is 5.57 Å². The molecule has 2 aliphatic rings. The standard InChI is InChI=1S/C17H23N3O3S/c1-4-19-7-9-20(10-8-19)24(22,23)13-5-6-15-14(11-13)16(12(2)3)17(21)18-15/h5-6,11H,4,7-10H2,1-3H3,(H,18,21). The summed E-state index contributed by atoms with van der Waals surface area (Å²) in [4.78, 5) is 14.6. The lowest BCUT2D eigenvalue weighted by Crippen LogP contribution is -2.48. The third-order valence-corrected chi connectivity index (χ3v) is 6.55.